The van der Waals surface area contributed by atoms with E-state index in [0.29, 0.717) is 0 Å². The predicted molar refractivity (Wildman–Crippen MR) is 65.1 cm³/mol. The maximum absolute atomic E-state index is 4.18. The third kappa shape index (κ3) is 3.54. The van der Waals surface area contributed by atoms with E-state index in [4.69, 9.17) is 0 Å². The molecule has 1 aliphatic heterocycles. The molecule has 1 fully saturated rings. The highest BCUT2D eigenvalue weighted by molar-refractivity contribution is 7.99. The van der Waals surface area contributed by atoms with Crippen LogP contribution in [0.5, 0.6) is 0 Å². The van der Waals surface area contributed by atoms with Gasteiger partial charge in [0.15, 0.2) is 0 Å². The van der Waals surface area contributed by atoms with Gasteiger partial charge in [-0.05, 0) is 43.7 Å². The highest BCUT2D eigenvalue weighted by atomic mass is 32.2. The number of hydrogen-bond donors (Lipinski definition) is 2. The molecule has 84 valence electrons. The minimum atomic E-state index is 0.885. The van der Waals surface area contributed by atoms with E-state index in [2.05, 4.69) is 27.0 Å². The SMILES string of the molecule is Cc1ncc(CNCC2CCSCC2)[nH]1. The monoisotopic (exact) mass is 225 g/mol. The summed E-state index contributed by atoms with van der Waals surface area (Å²) in [6.45, 7) is 4.06. The van der Waals surface area contributed by atoms with Crippen molar-refractivity contribution in [2.75, 3.05) is 18.1 Å². The lowest BCUT2D eigenvalue weighted by molar-refractivity contribution is 0.446. The fourth-order valence-electron chi connectivity index (χ4n) is 1.92. The van der Waals surface area contributed by atoms with E-state index < -0.39 is 0 Å². The van der Waals surface area contributed by atoms with Gasteiger partial charge in [0.05, 0.1) is 0 Å². The molecule has 2 heterocycles. The Morgan fingerprint density at radius 3 is 3.00 bits per heavy atom. The number of aryl methyl sites for hydroxylation is 1. The van der Waals surface area contributed by atoms with E-state index in [0.717, 1.165) is 24.8 Å². The molecule has 1 aromatic heterocycles. The van der Waals surface area contributed by atoms with Gasteiger partial charge >= 0.3 is 0 Å². The molecule has 0 bridgehead atoms. The number of imidazole rings is 1. The number of nitrogens with one attached hydrogen (secondary N) is 2. The molecule has 0 aromatic carbocycles. The zero-order valence-corrected chi connectivity index (χ0v) is 10.1. The molecule has 1 aliphatic rings. The fourth-order valence-corrected chi connectivity index (χ4v) is 3.13. The van der Waals surface area contributed by atoms with Crippen molar-refractivity contribution in [3.63, 3.8) is 0 Å². The molecular weight excluding hydrogens is 206 g/mol. The molecule has 0 spiro atoms. The van der Waals surface area contributed by atoms with E-state index in [1.165, 1.54) is 30.0 Å². The Bertz CT molecular complexity index is 292. The van der Waals surface area contributed by atoms with Gasteiger partial charge in [0.1, 0.15) is 5.82 Å². The van der Waals surface area contributed by atoms with Crippen molar-refractivity contribution in [1.82, 2.24) is 15.3 Å². The van der Waals surface area contributed by atoms with Crippen LogP contribution in [0.2, 0.25) is 0 Å². The lowest BCUT2D eigenvalue weighted by atomic mass is 10.0. The van der Waals surface area contributed by atoms with E-state index in [-0.39, 0.29) is 0 Å². The van der Waals surface area contributed by atoms with Crippen LogP contribution in [0.25, 0.3) is 0 Å². The summed E-state index contributed by atoms with van der Waals surface area (Å²) < 4.78 is 0. The second-order valence-electron chi connectivity index (χ2n) is 4.18. The van der Waals surface area contributed by atoms with Crippen molar-refractivity contribution in [2.24, 2.45) is 5.92 Å². The summed E-state index contributed by atoms with van der Waals surface area (Å²) in [6.07, 6.45) is 4.67. The van der Waals surface area contributed by atoms with Crippen LogP contribution in [-0.4, -0.2) is 28.0 Å². The first-order valence-corrected chi connectivity index (χ1v) is 6.79. The summed E-state index contributed by atoms with van der Waals surface area (Å²) in [4.78, 5) is 7.42. The summed E-state index contributed by atoms with van der Waals surface area (Å²) in [6, 6.07) is 0. The van der Waals surface area contributed by atoms with E-state index >= 15 is 0 Å². The third-order valence-electron chi connectivity index (χ3n) is 2.84. The van der Waals surface area contributed by atoms with Crippen molar-refractivity contribution in [2.45, 2.75) is 26.3 Å². The number of aromatic amines is 1. The first kappa shape index (κ1) is 11.0. The average Bonchev–Trinajstić information content (AvgIpc) is 2.66. The Hall–Kier alpha value is -0.480. The molecule has 0 aliphatic carbocycles. The summed E-state index contributed by atoms with van der Waals surface area (Å²) in [7, 11) is 0. The van der Waals surface area contributed by atoms with Crippen molar-refractivity contribution in [3.05, 3.63) is 17.7 Å². The molecule has 0 unspecified atom stereocenters. The van der Waals surface area contributed by atoms with Gasteiger partial charge in [-0.1, -0.05) is 0 Å². The largest absolute Gasteiger partial charge is 0.345 e. The highest BCUT2D eigenvalue weighted by Gasteiger charge is 2.12. The van der Waals surface area contributed by atoms with Crippen LogP contribution in [0.15, 0.2) is 6.20 Å². The van der Waals surface area contributed by atoms with Crippen LogP contribution in [0.4, 0.5) is 0 Å². The van der Waals surface area contributed by atoms with Gasteiger partial charge in [0, 0.05) is 18.4 Å². The Morgan fingerprint density at radius 2 is 2.33 bits per heavy atom. The zero-order chi connectivity index (χ0) is 10.5. The van der Waals surface area contributed by atoms with Crippen LogP contribution in [0.3, 0.4) is 0 Å². The summed E-state index contributed by atoms with van der Waals surface area (Å²) in [5.74, 6) is 4.57. The summed E-state index contributed by atoms with van der Waals surface area (Å²) >= 11 is 2.09. The molecule has 2 rings (SSSR count). The number of aromatic nitrogens is 2. The lowest BCUT2D eigenvalue weighted by Gasteiger charge is -2.21. The molecule has 0 amide bonds. The molecule has 0 radical (unpaired) electrons. The fraction of sp³-hybridized carbons (Fsp3) is 0.727. The molecule has 2 N–H and O–H groups in total. The minimum absolute atomic E-state index is 0.885. The lowest BCUT2D eigenvalue weighted by Crippen LogP contribution is -2.25. The van der Waals surface area contributed by atoms with Gasteiger partial charge in [0.2, 0.25) is 0 Å². The van der Waals surface area contributed by atoms with Gasteiger partial charge in [-0.25, -0.2) is 4.98 Å². The second-order valence-corrected chi connectivity index (χ2v) is 5.41. The predicted octanol–water partition coefficient (Wildman–Crippen LogP) is 1.95. The van der Waals surface area contributed by atoms with Gasteiger partial charge in [-0.15, -0.1) is 0 Å². The zero-order valence-electron chi connectivity index (χ0n) is 9.25. The first-order valence-electron chi connectivity index (χ1n) is 5.63. The summed E-state index contributed by atoms with van der Waals surface area (Å²) in [5, 5.41) is 3.50. The molecule has 0 atom stereocenters. The van der Waals surface area contributed by atoms with Gasteiger partial charge in [0.25, 0.3) is 0 Å². The third-order valence-corrected chi connectivity index (χ3v) is 3.89. The maximum atomic E-state index is 4.18. The van der Waals surface area contributed by atoms with Gasteiger partial charge < -0.3 is 10.3 Å². The Kier molecular flexibility index (Phi) is 4.09. The average molecular weight is 225 g/mol. The topological polar surface area (TPSA) is 40.7 Å². The molecule has 0 saturated carbocycles. The molecule has 1 saturated heterocycles. The van der Waals surface area contributed by atoms with Crippen LogP contribution in [-0.2, 0) is 6.54 Å². The Balaban J connectivity index is 1.65. The number of nitrogens with zero attached hydrogens (tertiary/aromatic N) is 1. The van der Waals surface area contributed by atoms with E-state index in [1.54, 1.807) is 0 Å². The molecule has 15 heavy (non-hydrogen) atoms. The van der Waals surface area contributed by atoms with Crippen LogP contribution >= 0.6 is 11.8 Å². The quantitative estimate of drug-likeness (QED) is 0.823. The summed E-state index contributed by atoms with van der Waals surface area (Å²) in [5.41, 5.74) is 1.19. The molecular formula is C11H19N3S. The number of thioether (sulfide) groups is 1. The molecule has 4 heteroatoms. The van der Waals surface area contributed by atoms with Crippen LogP contribution in [0.1, 0.15) is 24.4 Å². The van der Waals surface area contributed by atoms with Crippen molar-refractivity contribution in [1.29, 1.82) is 0 Å². The van der Waals surface area contributed by atoms with Crippen molar-refractivity contribution < 1.29 is 0 Å². The highest BCUT2D eigenvalue weighted by Crippen LogP contribution is 2.21. The van der Waals surface area contributed by atoms with Crippen LogP contribution in [0, 0.1) is 12.8 Å². The normalized spacial score (nSPS) is 18.2. The smallest absolute Gasteiger partial charge is 0.103 e. The number of H-pyrrole nitrogens is 1. The molecule has 3 nitrogen and oxygen atoms in total. The minimum Gasteiger partial charge on any atom is -0.345 e. The Labute approximate surface area is 95.4 Å². The number of hydrogen-bond acceptors (Lipinski definition) is 3. The van der Waals surface area contributed by atoms with E-state index in [9.17, 15) is 0 Å². The Morgan fingerprint density at radius 1 is 1.53 bits per heavy atom. The van der Waals surface area contributed by atoms with Crippen molar-refractivity contribution in [3.8, 4) is 0 Å². The van der Waals surface area contributed by atoms with E-state index in [1.807, 2.05) is 13.1 Å². The first-order chi connectivity index (χ1) is 7.34. The second kappa shape index (κ2) is 5.56. The van der Waals surface area contributed by atoms with Crippen molar-refractivity contribution >= 4 is 11.8 Å². The van der Waals surface area contributed by atoms with Gasteiger partial charge in [-0.3, -0.25) is 0 Å². The van der Waals surface area contributed by atoms with Gasteiger partial charge in [-0.2, -0.15) is 11.8 Å². The number of rotatable bonds is 4. The maximum Gasteiger partial charge on any atom is 0.103 e. The van der Waals surface area contributed by atoms with Crippen LogP contribution < -0.4 is 5.32 Å². The standard InChI is InChI=1S/C11H19N3S/c1-9-13-8-11(14-9)7-12-6-10-2-4-15-5-3-10/h8,10,12H,2-7H2,1H3,(H,13,14). The molecule has 1 aromatic rings.